The van der Waals surface area contributed by atoms with E-state index in [1.807, 2.05) is 6.08 Å². The number of carbonyl (C=O) groups is 1. The highest BCUT2D eigenvalue weighted by atomic mass is 19.1. The van der Waals surface area contributed by atoms with Crippen LogP contribution in [0.3, 0.4) is 0 Å². The van der Waals surface area contributed by atoms with E-state index in [4.69, 9.17) is 0 Å². The van der Waals surface area contributed by atoms with Crippen molar-refractivity contribution in [3.8, 4) is 0 Å². The minimum Gasteiger partial charge on any atom is -0.348 e. The van der Waals surface area contributed by atoms with Crippen LogP contribution in [0, 0.1) is 22.9 Å². The van der Waals surface area contributed by atoms with Gasteiger partial charge in [0.25, 0.3) is 11.6 Å². The largest absolute Gasteiger partial charge is 0.348 e. The number of halogens is 1. The molecule has 0 aromatic heterocycles. The molecule has 0 radical (unpaired) electrons. The molecular formula is C14H16FN3O3. The first kappa shape index (κ1) is 15.1. The highest BCUT2D eigenvalue weighted by Crippen LogP contribution is 2.24. The fraction of sp³-hybridized carbons (Fsp3) is 0.357. The second kappa shape index (κ2) is 6.45. The first-order chi connectivity index (χ1) is 9.99. The van der Waals surface area contributed by atoms with Crippen LogP contribution in [0.25, 0.3) is 0 Å². The second-order valence-corrected chi connectivity index (χ2v) is 4.88. The van der Waals surface area contributed by atoms with E-state index in [9.17, 15) is 19.3 Å². The maximum Gasteiger partial charge on any atom is 0.285 e. The van der Waals surface area contributed by atoms with Gasteiger partial charge in [0.05, 0.1) is 4.92 Å². The van der Waals surface area contributed by atoms with Gasteiger partial charge in [0.2, 0.25) is 0 Å². The Bertz CT molecular complexity index is 614. The second-order valence-electron chi connectivity index (χ2n) is 4.88. The number of carbonyl (C=O) groups excluding carboxylic acids is 1. The SMILES string of the molecule is Cc1cc(F)cc(C(=O)NCC2=CCNCC2)c1[N+](=O)[O-]. The van der Waals surface area contributed by atoms with Crippen molar-refractivity contribution in [2.45, 2.75) is 13.3 Å². The van der Waals surface area contributed by atoms with Crippen molar-refractivity contribution in [2.24, 2.45) is 0 Å². The molecule has 21 heavy (non-hydrogen) atoms. The van der Waals surface area contributed by atoms with Crippen molar-refractivity contribution >= 4 is 11.6 Å². The molecule has 0 unspecified atom stereocenters. The van der Waals surface area contributed by atoms with Crippen LogP contribution in [0.1, 0.15) is 22.3 Å². The first-order valence-corrected chi connectivity index (χ1v) is 6.60. The van der Waals surface area contributed by atoms with Crippen molar-refractivity contribution in [3.63, 3.8) is 0 Å². The fourth-order valence-corrected chi connectivity index (χ4v) is 2.27. The number of nitrogens with one attached hydrogen (secondary N) is 2. The summed E-state index contributed by atoms with van der Waals surface area (Å²) in [6.45, 7) is 3.30. The molecule has 1 heterocycles. The van der Waals surface area contributed by atoms with E-state index >= 15 is 0 Å². The quantitative estimate of drug-likeness (QED) is 0.502. The lowest BCUT2D eigenvalue weighted by Gasteiger charge is -2.14. The number of benzene rings is 1. The Hall–Kier alpha value is -2.28. The molecule has 0 spiro atoms. The molecule has 1 amide bonds. The fourth-order valence-electron chi connectivity index (χ4n) is 2.27. The predicted molar refractivity (Wildman–Crippen MR) is 75.7 cm³/mol. The van der Waals surface area contributed by atoms with Gasteiger partial charge < -0.3 is 10.6 Å². The molecule has 0 fully saturated rings. The molecule has 1 aromatic rings. The predicted octanol–water partition coefficient (Wildman–Crippen LogP) is 1.69. The summed E-state index contributed by atoms with van der Waals surface area (Å²) in [5.74, 6) is -1.30. The summed E-state index contributed by atoms with van der Waals surface area (Å²) in [6.07, 6.45) is 2.78. The number of aryl methyl sites for hydroxylation is 1. The number of hydrogen-bond donors (Lipinski definition) is 2. The van der Waals surface area contributed by atoms with Crippen molar-refractivity contribution in [2.75, 3.05) is 19.6 Å². The molecule has 6 nitrogen and oxygen atoms in total. The lowest BCUT2D eigenvalue weighted by molar-refractivity contribution is -0.385. The summed E-state index contributed by atoms with van der Waals surface area (Å²) in [5.41, 5.74) is 0.587. The van der Waals surface area contributed by atoms with Crippen LogP contribution < -0.4 is 10.6 Å². The van der Waals surface area contributed by atoms with E-state index in [2.05, 4.69) is 10.6 Å². The molecule has 0 aliphatic carbocycles. The molecule has 0 saturated heterocycles. The minimum atomic E-state index is -0.663. The third-order valence-electron chi connectivity index (χ3n) is 3.33. The zero-order chi connectivity index (χ0) is 15.4. The molecule has 0 bridgehead atoms. The van der Waals surface area contributed by atoms with Crippen molar-refractivity contribution in [3.05, 3.63) is 50.8 Å². The first-order valence-electron chi connectivity index (χ1n) is 6.60. The van der Waals surface area contributed by atoms with Crippen molar-refractivity contribution in [1.82, 2.24) is 10.6 Å². The highest BCUT2D eigenvalue weighted by molar-refractivity contribution is 5.98. The highest BCUT2D eigenvalue weighted by Gasteiger charge is 2.24. The van der Waals surface area contributed by atoms with Crippen molar-refractivity contribution < 1.29 is 14.1 Å². The van der Waals surface area contributed by atoms with Gasteiger partial charge in [-0.2, -0.15) is 0 Å². The molecule has 1 aliphatic heterocycles. The van der Waals surface area contributed by atoms with E-state index in [0.29, 0.717) is 6.54 Å². The standard InChI is InChI=1S/C14H16FN3O3/c1-9-6-11(15)7-12(13(9)18(20)21)14(19)17-8-10-2-4-16-5-3-10/h2,6-7,16H,3-5,8H2,1H3,(H,17,19). The molecule has 2 N–H and O–H groups in total. The molecule has 7 heteroatoms. The number of nitro groups is 1. The van der Waals surface area contributed by atoms with Crippen LogP contribution in [0.15, 0.2) is 23.8 Å². The molecule has 0 saturated carbocycles. The zero-order valence-electron chi connectivity index (χ0n) is 11.6. The molecular weight excluding hydrogens is 277 g/mol. The Morgan fingerprint density at radius 1 is 1.52 bits per heavy atom. The van der Waals surface area contributed by atoms with Gasteiger partial charge in [-0.05, 0) is 32.0 Å². The topological polar surface area (TPSA) is 84.3 Å². The molecule has 1 aromatic carbocycles. The van der Waals surface area contributed by atoms with E-state index in [1.54, 1.807) is 0 Å². The average Bonchev–Trinajstić information content (AvgIpc) is 2.44. The van der Waals surface area contributed by atoms with Gasteiger partial charge in [0.15, 0.2) is 0 Å². The smallest absolute Gasteiger partial charge is 0.285 e. The Labute approximate surface area is 121 Å². The maximum atomic E-state index is 13.4. The summed E-state index contributed by atoms with van der Waals surface area (Å²) < 4.78 is 13.4. The van der Waals surface area contributed by atoms with Gasteiger partial charge in [0, 0.05) is 18.7 Å². The summed E-state index contributed by atoms with van der Waals surface area (Å²) in [7, 11) is 0. The normalized spacial score (nSPS) is 14.5. The lowest BCUT2D eigenvalue weighted by Crippen LogP contribution is -2.30. The number of hydrogen-bond acceptors (Lipinski definition) is 4. The van der Waals surface area contributed by atoms with Crippen LogP contribution in [0.2, 0.25) is 0 Å². The van der Waals surface area contributed by atoms with E-state index in [0.717, 1.165) is 37.2 Å². The van der Waals surface area contributed by atoms with Gasteiger partial charge in [-0.15, -0.1) is 0 Å². The minimum absolute atomic E-state index is 0.131. The maximum absolute atomic E-state index is 13.4. The van der Waals surface area contributed by atoms with Gasteiger partial charge in [0.1, 0.15) is 11.4 Å². The van der Waals surface area contributed by atoms with E-state index < -0.39 is 16.6 Å². The number of rotatable bonds is 4. The van der Waals surface area contributed by atoms with E-state index in [1.165, 1.54) is 6.92 Å². The number of nitro benzene ring substituents is 1. The van der Waals surface area contributed by atoms with Gasteiger partial charge in [-0.25, -0.2) is 4.39 Å². The third kappa shape index (κ3) is 3.63. The Morgan fingerprint density at radius 2 is 2.29 bits per heavy atom. The number of nitrogens with zero attached hydrogens (tertiary/aromatic N) is 1. The van der Waals surface area contributed by atoms with Crippen LogP contribution in [-0.2, 0) is 0 Å². The van der Waals surface area contributed by atoms with Crippen LogP contribution in [0.4, 0.5) is 10.1 Å². The van der Waals surface area contributed by atoms with Crippen LogP contribution in [0.5, 0.6) is 0 Å². The summed E-state index contributed by atoms with van der Waals surface area (Å²) in [4.78, 5) is 22.5. The van der Waals surface area contributed by atoms with Gasteiger partial charge in [-0.1, -0.05) is 11.6 Å². The molecule has 0 atom stereocenters. The van der Waals surface area contributed by atoms with Crippen LogP contribution >= 0.6 is 0 Å². The Balaban J connectivity index is 2.18. The molecule has 2 rings (SSSR count). The lowest BCUT2D eigenvalue weighted by atomic mass is 10.1. The van der Waals surface area contributed by atoms with Crippen LogP contribution in [-0.4, -0.2) is 30.5 Å². The number of amides is 1. The summed E-state index contributed by atoms with van der Waals surface area (Å²) in [5, 5.41) is 16.8. The third-order valence-corrected chi connectivity index (χ3v) is 3.33. The van der Waals surface area contributed by atoms with E-state index in [-0.39, 0.29) is 16.8 Å². The van der Waals surface area contributed by atoms with Gasteiger partial charge >= 0.3 is 0 Å². The van der Waals surface area contributed by atoms with Crippen molar-refractivity contribution in [1.29, 1.82) is 0 Å². The molecule has 112 valence electrons. The Morgan fingerprint density at radius 3 is 2.90 bits per heavy atom. The Kier molecular flexibility index (Phi) is 4.64. The summed E-state index contributed by atoms with van der Waals surface area (Å²) >= 11 is 0. The average molecular weight is 293 g/mol. The zero-order valence-corrected chi connectivity index (χ0v) is 11.6. The monoisotopic (exact) mass is 293 g/mol. The molecule has 1 aliphatic rings. The summed E-state index contributed by atoms with van der Waals surface area (Å²) in [6, 6.07) is 1.95. The van der Waals surface area contributed by atoms with Gasteiger partial charge in [-0.3, -0.25) is 14.9 Å².